The standard InChI is InChI=1S/C26H21NO3S/c1-31(29,30)24-13-10-21(11-14-24)17-23-18-22-16-20(12-15-25(22)27-26(23)28)9-5-8-19-6-3-2-4-7-19/h2-4,6-7,10-16,18H,8,17H2,1H3,(H,27,28). The molecule has 1 aromatic heterocycles. The number of sulfone groups is 1. The Morgan fingerprint density at radius 3 is 2.32 bits per heavy atom. The summed E-state index contributed by atoms with van der Waals surface area (Å²) >= 11 is 0. The Balaban J connectivity index is 1.59. The number of pyridine rings is 1. The van der Waals surface area contributed by atoms with Gasteiger partial charge in [0, 0.05) is 35.7 Å². The molecule has 0 saturated heterocycles. The van der Waals surface area contributed by atoms with Gasteiger partial charge in [0.05, 0.1) is 4.90 Å². The molecule has 4 aromatic rings. The summed E-state index contributed by atoms with van der Waals surface area (Å²) in [5, 5.41) is 0.911. The molecule has 0 radical (unpaired) electrons. The van der Waals surface area contributed by atoms with Gasteiger partial charge in [0.25, 0.3) is 5.56 Å². The van der Waals surface area contributed by atoms with Crippen molar-refractivity contribution in [2.24, 2.45) is 0 Å². The quantitative estimate of drug-likeness (QED) is 0.498. The second kappa shape index (κ2) is 8.63. The van der Waals surface area contributed by atoms with Gasteiger partial charge in [-0.2, -0.15) is 0 Å². The fourth-order valence-electron chi connectivity index (χ4n) is 3.38. The van der Waals surface area contributed by atoms with Crippen LogP contribution in [0.4, 0.5) is 0 Å². The summed E-state index contributed by atoms with van der Waals surface area (Å²) in [6.45, 7) is 0. The lowest BCUT2D eigenvalue weighted by Gasteiger charge is -2.05. The van der Waals surface area contributed by atoms with E-state index >= 15 is 0 Å². The first-order chi connectivity index (χ1) is 14.9. The second-order valence-corrected chi connectivity index (χ2v) is 9.50. The van der Waals surface area contributed by atoms with Crippen LogP contribution in [0.25, 0.3) is 10.9 Å². The minimum absolute atomic E-state index is 0.150. The number of rotatable bonds is 4. The fraction of sp³-hybridized carbons (Fsp3) is 0.115. The van der Waals surface area contributed by atoms with E-state index in [9.17, 15) is 13.2 Å². The average Bonchev–Trinajstić information content (AvgIpc) is 2.75. The Morgan fingerprint density at radius 1 is 0.871 bits per heavy atom. The number of fused-ring (bicyclic) bond motifs is 1. The topological polar surface area (TPSA) is 67.0 Å². The van der Waals surface area contributed by atoms with Crippen LogP contribution in [0.1, 0.15) is 22.3 Å². The minimum Gasteiger partial charge on any atom is -0.322 e. The highest BCUT2D eigenvalue weighted by molar-refractivity contribution is 7.90. The number of nitrogens with one attached hydrogen (secondary N) is 1. The molecule has 0 spiro atoms. The molecule has 0 aliphatic heterocycles. The largest absolute Gasteiger partial charge is 0.322 e. The molecule has 0 aliphatic rings. The lowest BCUT2D eigenvalue weighted by atomic mass is 10.0. The molecule has 0 saturated carbocycles. The third-order valence-corrected chi connectivity index (χ3v) is 6.16. The van der Waals surface area contributed by atoms with E-state index in [-0.39, 0.29) is 10.5 Å². The van der Waals surface area contributed by atoms with Gasteiger partial charge < -0.3 is 4.98 Å². The lowest BCUT2D eigenvalue weighted by molar-refractivity contribution is 0.602. The van der Waals surface area contributed by atoms with Crippen molar-refractivity contribution in [2.75, 3.05) is 6.26 Å². The van der Waals surface area contributed by atoms with Crippen LogP contribution < -0.4 is 5.56 Å². The molecule has 1 heterocycles. The summed E-state index contributed by atoms with van der Waals surface area (Å²) in [6, 6.07) is 24.3. The maximum atomic E-state index is 12.5. The highest BCUT2D eigenvalue weighted by atomic mass is 32.2. The lowest BCUT2D eigenvalue weighted by Crippen LogP contribution is -2.12. The SMILES string of the molecule is CS(=O)(=O)c1ccc(Cc2cc3cc(C#CCc4ccccc4)ccc3[nH]c2=O)cc1. The van der Waals surface area contributed by atoms with Crippen LogP contribution in [-0.2, 0) is 22.7 Å². The molecule has 4 nitrogen and oxygen atoms in total. The van der Waals surface area contributed by atoms with Crippen molar-refractivity contribution < 1.29 is 8.42 Å². The number of H-pyrrole nitrogens is 1. The van der Waals surface area contributed by atoms with Crippen molar-refractivity contribution in [2.45, 2.75) is 17.7 Å². The molecule has 3 aromatic carbocycles. The van der Waals surface area contributed by atoms with E-state index in [2.05, 4.69) is 29.0 Å². The summed E-state index contributed by atoms with van der Waals surface area (Å²) in [7, 11) is -3.24. The van der Waals surface area contributed by atoms with Crippen LogP contribution in [-0.4, -0.2) is 19.7 Å². The van der Waals surface area contributed by atoms with Crippen LogP contribution in [0.15, 0.2) is 88.6 Å². The first kappa shape index (κ1) is 20.6. The van der Waals surface area contributed by atoms with Gasteiger partial charge in [0.2, 0.25) is 0 Å². The van der Waals surface area contributed by atoms with E-state index in [4.69, 9.17) is 0 Å². The highest BCUT2D eigenvalue weighted by Crippen LogP contribution is 2.17. The zero-order chi connectivity index (χ0) is 21.8. The molecule has 0 fully saturated rings. The van der Waals surface area contributed by atoms with Crippen LogP contribution in [0, 0.1) is 11.8 Å². The fourth-order valence-corrected chi connectivity index (χ4v) is 4.01. The number of hydrogen-bond donors (Lipinski definition) is 1. The predicted octanol–water partition coefficient (Wildman–Crippen LogP) is 4.12. The number of aromatic nitrogens is 1. The molecule has 31 heavy (non-hydrogen) atoms. The van der Waals surface area contributed by atoms with Gasteiger partial charge in [-0.15, -0.1) is 0 Å². The van der Waals surface area contributed by atoms with Crippen LogP contribution in [0.5, 0.6) is 0 Å². The minimum atomic E-state index is -3.24. The molecular weight excluding hydrogens is 406 g/mol. The zero-order valence-electron chi connectivity index (χ0n) is 17.1. The molecule has 5 heteroatoms. The Hall–Kier alpha value is -3.62. The Morgan fingerprint density at radius 2 is 1.61 bits per heavy atom. The maximum Gasteiger partial charge on any atom is 0.251 e. The van der Waals surface area contributed by atoms with Gasteiger partial charge in [-0.1, -0.05) is 54.3 Å². The predicted molar refractivity (Wildman–Crippen MR) is 124 cm³/mol. The van der Waals surface area contributed by atoms with Gasteiger partial charge >= 0.3 is 0 Å². The molecule has 154 valence electrons. The van der Waals surface area contributed by atoms with Crippen molar-refractivity contribution in [3.8, 4) is 11.8 Å². The first-order valence-corrected chi connectivity index (χ1v) is 11.8. The van der Waals surface area contributed by atoms with E-state index in [1.54, 1.807) is 24.3 Å². The summed E-state index contributed by atoms with van der Waals surface area (Å²) in [4.78, 5) is 15.7. The zero-order valence-corrected chi connectivity index (χ0v) is 17.9. The van der Waals surface area contributed by atoms with Gasteiger partial charge in [-0.05, 0) is 52.9 Å². The molecule has 0 bridgehead atoms. The summed E-state index contributed by atoms with van der Waals surface area (Å²) in [5.74, 6) is 6.39. The average molecular weight is 428 g/mol. The Bertz CT molecular complexity index is 1460. The molecule has 1 N–H and O–H groups in total. The molecule has 0 unspecified atom stereocenters. The number of benzene rings is 3. The van der Waals surface area contributed by atoms with Gasteiger partial charge in [-0.3, -0.25) is 4.79 Å². The summed E-state index contributed by atoms with van der Waals surface area (Å²) < 4.78 is 23.2. The number of aromatic amines is 1. The van der Waals surface area contributed by atoms with E-state index in [0.29, 0.717) is 18.4 Å². The van der Waals surface area contributed by atoms with Gasteiger partial charge in [0.1, 0.15) is 0 Å². The monoisotopic (exact) mass is 427 g/mol. The maximum absolute atomic E-state index is 12.5. The molecule has 4 rings (SSSR count). The van der Waals surface area contributed by atoms with E-state index in [1.807, 2.05) is 42.5 Å². The normalized spacial score (nSPS) is 11.1. The smallest absolute Gasteiger partial charge is 0.251 e. The van der Waals surface area contributed by atoms with E-state index < -0.39 is 9.84 Å². The van der Waals surface area contributed by atoms with Gasteiger partial charge in [-0.25, -0.2) is 8.42 Å². The molecular formula is C26H21NO3S. The van der Waals surface area contributed by atoms with E-state index in [0.717, 1.165) is 22.0 Å². The third-order valence-electron chi connectivity index (χ3n) is 5.04. The Labute approximate surface area is 181 Å². The van der Waals surface area contributed by atoms with Crippen molar-refractivity contribution in [1.82, 2.24) is 4.98 Å². The molecule has 0 aliphatic carbocycles. The van der Waals surface area contributed by atoms with Crippen molar-refractivity contribution in [1.29, 1.82) is 0 Å². The van der Waals surface area contributed by atoms with Crippen LogP contribution in [0.3, 0.4) is 0 Å². The summed E-state index contributed by atoms with van der Waals surface area (Å²) in [6.07, 6.45) is 2.27. The van der Waals surface area contributed by atoms with Crippen LogP contribution in [0.2, 0.25) is 0 Å². The van der Waals surface area contributed by atoms with Crippen molar-refractivity contribution in [3.05, 3.63) is 111 Å². The second-order valence-electron chi connectivity index (χ2n) is 7.48. The van der Waals surface area contributed by atoms with Crippen molar-refractivity contribution >= 4 is 20.7 Å². The third kappa shape index (κ3) is 5.11. The number of hydrogen-bond acceptors (Lipinski definition) is 3. The molecule has 0 amide bonds. The van der Waals surface area contributed by atoms with Crippen LogP contribution >= 0.6 is 0 Å². The summed E-state index contributed by atoms with van der Waals surface area (Å²) in [5.41, 5.74) is 4.16. The van der Waals surface area contributed by atoms with E-state index in [1.165, 1.54) is 11.8 Å². The molecule has 0 atom stereocenters. The van der Waals surface area contributed by atoms with Crippen molar-refractivity contribution in [3.63, 3.8) is 0 Å². The Kier molecular flexibility index (Phi) is 5.75. The van der Waals surface area contributed by atoms with Gasteiger partial charge in [0.15, 0.2) is 9.84 Å². The highest BCUT2D eigenvalue weighted by Gasteiger charge is 2.08. The first-order valence-electron chi connectivity index (χ1n) is 9.86.